The fourth-order valence-corrected chi connectivity index (χ4v) is 2.69. The van der Waals surface area contributed by atoms with Gasteiger partial charge in [0.1, 0.15) is 0 Å². The predicted molar refractivity (Wildman–Crippen MR) is 60.9 cm³/mol. The SMILES string of the molecule is O=C(NCCC1CCCN1)C1CCC(F)(F)C1. The molecule has 2 aliphatic rings. The summed E-state index contributed by atoms with van der Waals surface area (Å²) in [6.07, 6.45) is 3.13. The van der Waals surface area contributed by atoms with Gasteiger partial charge < -0.3 is 10.6 Å². The van der Waals surface area contributed by atoms with Crippen molar-refractivity contribution < 1.29 is 13.6 Å². The van der Waals surface area contributed by atoms with Crippen molar-refractivity contribution >= 4 is 5.91 Å². The summed E-state index contributed by atoms with van der Waals surface area (Å²) in [5, 5.41) is 6.12. The molecule has 1 saturated carbocycles. The number of carbonyl (C=O) groups is 1. The predicted octanol–water partition coefficient (Wildman–Crippen LogP) is 1.68. The van der Waals surface area contributed by atoms with Crippen molar-refractivity contribution in [1.29, 1.82) is 0 Å². The molecule has 3 nitrogen and oxygen atoms in total. The number of nitrogens with one attached hydrogen (secondary N) is 2. The summed E-state index contributed by atoms with van der Waals surface area (Å²) in [6, 6.07) is 0.486. The molecule has 17 heavy (non-hydrogen) atoms. The zero-order valence-electron chi connectivity index (χ0n) is 9.98. The molecule has 2 N–H and O–H groups in total. The Balaban J connectivity index is 1.64. The topological polar surface area (TPSA) is 41.1 Å². The molecule has 2 unspecified atom stereocenters. The van der Waals surface area contributed by atoms with Gasteiger partial charge in [0.15, 0.2) is 0 Å². The molecule has 1 aliphatic carbocycles. The van der Waals surface area contributed by atoms with Crippen molar-refractivity contribution in [2.24, 2.45) is 5.92 Å². The van der Waals surface area contributed by atoms with Crippen molar-refractivity contribution in [2.45, 2.75) is 50.5 Å². The highest BCUT2D eigenvalue weighted by atomic mass is 19.3. The minimum Gasteiger partial charge on any atom is -0.356 e. The molecule has 1 amide bonds. The molecule has 1 saturated heterocycles. The summed E-state index contributed by atoms with van der Waals surface area (Å²) in [5.41, 5.74) is 0. The molecular weight excluding hydrogens is 226 g/mol. The molecular formula is C12H20F2N2O. The summed E-state index contributed by atoms with van der Waals surface area (Å²) in [7, 11) is 0. The Kier molecular flexibility index (Phi) is 3.97. The van der Waals surface area contributed by atoms with Gasteiger partial charge in [0.2, 0.25) is 11.8 Å². The Labute approximate surface area is 100 Å². The van der Waals surface area contributed by atoms with Crippen molar-refractivity contribution in [1.82, 2.24) is 10.6 Å². The van der Waals surface area contributed by atoms with Crippen molar-refractivity contribution in [3.8, 4) is 0 Å². The van der Waals surface area contributed by atoms with Crippen LogP contribution in [0.2, 0.25) is 0 Å². The van der Waals surface area contributed by atoms with E-state index in [4.69, 9.17) is 0 Å². The highest BCUT2D eigenvalue weighted by Crippen LogP contribution is 2.38. The molecule has 1 heterocycles. The second-order valence-corrected chi connectivity index (χ2v) is 5.17. The first-order chi connectivity index (χ1) is 8.07. The number of halogens is 2. The molecule has 0 aromatic rings. The Hall–Kier alpha value is -0.710. The standard InChI is InChI=1S/C12H20F2N2O/c13-12(14)5-3-9(8-12)11(17)16-7-4-10-2-1-6-15-10/h9-10,15H,1-8H2,(H,16,17). The van der Waals surface area contributed by atoms with Gasteiger partial charge in [-0.2, -0.15) is 0 Å². The minimum absolute atomic E-state index is 0.144. The monoisotopic (exact) mass is 246 g/mol. The van der Waals surface area contributed by atoms with E-state index in [-0.39, 0.29) is 18.7 Å². The van der Waals surface area contributed by atoms with Crippen LogP contribution < -0.4 is 10.6 Å². The van der Waals surface area contributed by atoms with E-state index in [1.165, 1.54) is 6.42 Å². The average molecular weight is 246 g/mol. The van der Waals surface area contributed by atoms with Crippen molar-refractivity contribution in [3.05, 3.63) is 0 Å². The van der Waals surface area contributed by atoms with Crippen LogP contribution >= 0.6 is 0 Å². The molecule has 0 aromatic carbocycles. The molecule has 0 bridgehead atoms. The minimum atomic E-state index is -2.63. The Morgan fingerprint density at radius 3 is 2.82 bits per heavy atom. The molecule has 0 spiro atoms. The largest absolute Gasteiger partial charge is 0.356 e. The van der Waals surface area contributed by atoms with E-state index in [0.717, 1.165) is 19.4 Å². The fraction of sp³-hybridized carbons (Fsp3) is 0.917. The van der Waals surface area contributed by atoms with E-state index in [1.807, 2.05) is 0 Å². The van der Waals surface area contributed by atoms with Crippen LogP contribution in [0, 0.1) is 5.92 Å². The van der Waals surface area contributed by atoms with Crippen LogP contribution in [0.5, 0.6) is 0 Å². The lowest BCUT2D eigenvalue weighted by molar-refractivity contribution is -0.125. The van der Waals surface area contributed by atoms with E-state index in [0.29, 0.717) is 19.0 Å². The number of carbonyl (C=O) groups excluding carboxylic acids is 1. The number of hydrogen-bond acceptors (Lipinski definition) is 2. The lowest BCUT2D eigenvalue weighted by Crippen LogP contribution is -2.34. The number of amides is 1. The summed E-state index contributed by atoms with van der Waals surface area (Å²) in [6.45, 7) is 1.64. The summed E-state index contributed by atoms with van der Waals surface area (Å²) >= 11 is 0. The first-order valence-electron chi connectivity index (χ1n) is 6.46. The molecule has 2 rings (SSSR count). The fourth-order valence-electron chi connectivity index (χ4n) is 2.69. The van der Waals surface area contributed by atoms with Gasteiger partial charge in [-0.15, -0.1) is 0 Å². The highest BCUT2D eigenvalue weighted by molar-refractivity contribution is 5.79. The lowest BCUT2D eigenvalue weighted by atomic mass is 10.1. The molecule has 2 fully saturated rings. The molecule has 5 heteroatoms. The van der Waals surface area contributed by atoms with Crippen LogP contribution in [0.4, 0.5) is 8.78 Å². The smallest absolute Gasteiger partial charge is 0.248 e. The second kappa shape index (κ2) is 5.29. The van der Waals surface area contributed by atoms with Crippen LogP contribution in [0.25, 0.3) is 0 Å². The van der Waals surface area contributed by atoms with Crippen LogP contribution in [0.15, 0.2) is 0 Å². The maximum absolute atomic E-state index is 12.9. The van der Waals surface area contributed by atoms with Crippen molar-refractivity contribution in [2.75, 3.05) is 13.1 Å². The van der Waals surface area contributed by atoms with Gasteiger partial charge >= 0.3 is 0 Å². The van der Waals surface area contributed by atoms with Gasteiger partial charge in [0.25, 0.3) is 0 Å². The van der Waals surface area contributed by atoms with E-state index in [1.54, 1.807) is 0 Å². The molecule has 98 valence electrons. The summed E-state index contributed by atoms with van der Waals surface area (Å²) in [4.78, 5) is 11.6. The zero-order chi connectivity index (χ0) is 12.3. The number of rotatable bonds is 4. The van der Waals surface area contributed by atoms with Crippen molar-refractivity contribution in [3.63, 3.8) is 0 Å². The Bertz CT molecular complexity index is 278. The van der Waals surface area contributed by atoms with Crippen LogP contribution in [0.3, 0.4) is 0 Å². The first kappa shape index (κ1) is 12.7. The lowest BCUT2D eigenvalue weighted by Gasteiger charge is -2.13. The number of hydrogen-bond donors (Lipinski definition) is 2. The van der Waals surface area contributed by atoms with Gasteiger partial charge in [-0.1, -0.05) is 0 Å². The maximum atomic E-state index is 12.9. The van der Waals surface area contributed by atoms with Crippen LogP contribution in [-0.4, -0.2) is 31.0 Å². The molecule has 2 atom stereocenters. The van der Waals surface area contributed by atoms with Gasteiger partial charge in [0.05, 0.1) is 0 Å². The highest BCUT2D eigenvalue weighted by Gasteiger charge is 2.42. The number of alkyl halides is 2. The van der Waals surface area contributed by atoms with Crippen LogP contribution in [0.1, 0.15) is 38.5 Å². The van der Waals surface area contributed by atoms with Gasteiger partial charge in [-0.25, -0.2) is 8.78 Å². The van der Waals surface area contributed by atoms with E-state index in [9.17, 15) is 13.6 Å². The van der Waals surface area contributed by atoms with Gasteiger partial charge in [-0.05, 0) is 32.2 Å². The third-order valence-electron chi connectivity index (χ3n) is 3.73. The average Bonchev–Trinajstić information content (AvgIpc) is 2.87. The Morgan fingerprint density at radius 2 is 2.24 bits per heavy atom. The maximum Gasteiger partial charge on any atom is 0.248 e. The second-order valence-electron chi connectivity index (χ2n) is 5.17. The first-order valence-corrected chi connectivity index (χ1v) is 6.46. The van der Waals surface area contributed by atoms with Crippen LogP contribution in [-0.2, 0) is 4.79 Å². The van der Waals surface area contributed by atoms with E-state index < -0.39 is 11.8 Å². The summed E-state index contributed by atoms with van der Waals surface area (Å²) in [5.74, 6) is -3.31. The molecule has 1 aliphatic heterocycles. The zero-order valence-corrected chi connectivity index (χ0v) is 9.98. The third-order valence-corrected chi connectivity index (χ3v) is 3.73. The van der Waals surface area contributed by atoms with E-state index >= 15 is 0 Å². The molecule has 0 radical (unpaired) electrons. The normalized spacial score (nSPS) is 31.6. The quantitative estimate of drug-likeness (QED) is 0.792. The Morgan fingerprint density at radius 1 is 1.41 bits per heavy atom. The van der Waals surface area contributed by atoms with Gasteiger partial charge in [0, 0.05) is 31.3 Å². The van der Waals surface area contributed by atoms with Gasteiger partial charge in [-0.3, -0.25) is 4.79 Å². The third kappa shape index (κ3) is 3.63. The summed E-state index contributed by atoms with van der Waals surface area (Å²) < 4.78 is 25.9. The van der Waals surface area contributed by atoms with E-state index in [2.05, 4.69) is 10.6 Å². The molecule has 0 aromatic heterocycles.